The first-order valence-electron chi connectivity index (χ1n) is 14.9. The van der Waals surface area contributed by atoms with Gasteiger partial charge in [-0.05, 0) is 39.6 Å². The molecule has 45 heavy (non-hydrogen) atoms. The van der Waals surface area contributed by atoms with Crippen LogP contribution in [0.4, 0.5) is 5.82 Å². The third-order valence-electron chi connectivity index (χ3n) is 8.33. The normalized spacial score (nSPS) is 19.6. The maximum atomic E-state index is 13.3. The number of aliphatic hydroxyl groups excluding tert-OH is 2. The molecule has 4 aromatic carbocycles. The van der Waals surface area contributed by atoms with Gasteiger partial charge in [-0.1, -0.05) is 84.9 Å². The molecular weight excluding hydrogens is 568 g/mol. The first-order valence-corrected chi connectivity index (χ1v) is 14.9. The number of nitrogens with one attached hydrogen (secondary N) is 2. The van der Waals surface area contributed by atoms with Crippen molar-refractivity contribution in [2.24, 2.45) is 0 Å². The van der Waals surface area contributed by atoms with Crippen LogP contribution in [0.15, 0.2) is 110 Å². The van der Waals surface area contributed by atoms with Crippen LogP contribution >= 0.6 is 0 Å². The van der Waals surface area contributed by atoms with Gasteiger partial charge < -0.3 is 30.2 Å². The number of rotatable bonds is 9. The monoisotopic (exact) mass is 600 g/mol. The predicted octanol–water partition coefficient (Wildman–Crippen LogP) is 4.18. The number of hydrogen-bond donors (Lipinski definition) is 4. The minimum absolute atomic E-state index is 0.238. The number of aliphatic hydroxyl groups is 2. The highest BCUT2D eigenvalue weighted by Crippen LogP contribution is 2.27. The topological polar surface area (TPSA) is 134 Å². The van der Waals surface area contributed by atoms with Crippen LogP contribution in [0.2, 0.25) is 0 Å². The summed E-state index contributed by atoms with van der Waals surface area (Å²) in [5.41, 5.74) is 4.81. The lowest BCUT2D eigenvalue weighted by molar-refractivity contribution is -0.0255. The predicted molar refractivity (Wildman–Crippen MR) is 171 cm³/mol. The minimum Gasteiger partial charge on any atom is -0.394 e. The van der Waals surface area contributed by atoms with Gasteiger partial charge in [0.1, 0.15) is 24.1 Å². The van der Waals surface area contributed by atoms with E-state index < -0.39 is 24.4 Å². The molecule has 0 saturated carbocycles. The summed E-state index contributed by atoms with van der Waals surface area (Å²) in [5.74, 6) is 0.250. The minimum atomic E-state index is -1.10. The molecule has 0 bridgehead atoms. The zero-order valence-electron chi connectivity index (χ0n) is 24.3. The number of carbonyl (C=O) groups excluding carboxylic acids is 1. The first kappa shape index (κ1) is 28.6. The van der Waals surface area contributed by atoms with Gasteiger partial charge >= 0.3 is 0 Å². The molecular formula is C35H32N6O4. The van der Waals surface area contributed by atoms with E-state index >= 15 is 0 Å². The molecule has 4 atom stereocenters. The zero-order valence-corrected chi connectivity index (χ0v) is 24.3. The number of hydrogen-bond acceptors (Lipinski definition) is 8. The van der Waals surface area contributed by atoms with Gasteiger partial charge in [0, 0.05) is 12.1 Å². The number of amides is 1. The molecule has 10 nitrogen and oxygen atoms in total. The van der Waals surface area contributed by atoms with Crippen molar-refractivity contribution in [3.63, 3.8) is 0 Å². The lowest BCUT2D eigenvalue weighted by atomic mass is 10.0. The van der Waals surface area contributed by atoms with E-state index in [0.29, 0.717) is 29.1 Å². The van der Waals surface area contributed by atoms with Gasteiger partial charge in [-0.15, -0.1) is 0 Å². The Bertz CT molecular complexity index is 1940. The second-order valence-corrected chi connectivity index (χ2v) is 11.1. The molecule has 4 N–H and O–H groups in total. The summed E-state index contributed by atoms with van der Waals surface area (Å²) in [4.78, 5) is 26.8. The summed E-state index contributed by atoms with van der Waals surface area (Å²) >= 11 is 0. The van der Waals surface area contributed by atoms with Crippen molar-refractivity contribution in [1.82, 2.24) is 24.8 Å². The fourth-order valence-corrected chi connectivity index (χ4v) is 5.97. The fraction of sp³-hybridized carbons (Fsp3) is 0.200. The molecule has 0 spiro atoms. The van der Waals surface area contributed by atoms with E-state index in [4.69, 9.17) is 4.74 Å². The third kappa shape index (κ3) is 5.74. The highest BCUT2D eigenvalue weighted by atomic mass is 16.5. The van der Waals surface area contributed by atoms with Crippen LogP contribution in [0.1, 0.15) is 15.9 Å². The number of fused-ring (bicyclic) bond motifs is 2. The van der Waals surface area contributed by atoms with E-state index in [2.05, 4.69) is 49.9 Å². The first-order chi connectivity index (χ1) is 22.1. The van der Waals surface area contributed by atoms with Crippen LogP contribution in [-0.2, 0) is 17.8 Å². The molecule has 0 radical (unpaired) electrons. The molecule has 1 aliphatic heterocycles. The Labute approximate surface area is 259 Å². The molecule has 1 aliphatic rings. The van der Waals surface area contributed by atoms with Gasteiger partial charge in [-0.3, -0.25) is 4.79 Å². The summed E-state index contributed by atoms with van der Waals surface area (Å²) < 4.78 is 7.84. The molecule has 6 aromatic rings. The Kier molecular flexibility index (Phi) is 7.91. The molecule has 226 valence electrons. The zero-order chi connectivity index (χ0) is 30.8. The van der Waals surface area contributed by atoms with Crippen LogP contribution in [-0.4, -0.2) is 66.6 Å². The SMILES string of the molecule is O=C(N[C@@H]1C(Cn2cnc3c(NCc4cccc5ccccc45)ncnc32)OC(CO)[C@@H]1O)c1ccc(-c2ccccc2)cc1. The van der Waals surface area contributed by atoms with Crippen LogP contribution in [0.5, 0.6) is 0 Å². The largest absolute Gasteiger partial charge is 0.394 e. The van der Waals surface area contributed by atoms with Gasteiger partial charge in [0.2, 0.25) is 0 Å². The average molecular weight is 601 g/mol. The summed E-state index contributed by atoms with van der Waals surface area (Å²) in [7, 11) is 0. The molecule has 7 rings (SSSR count). The van der Waals surface area contributed by atoms with Crippen molar-refractivity contribution in [1.29, 1.82) is 0 Å². The van der Waals surface area contributed by atoms with Gasteiger partial charge in [-0.2, -0.15) is 0 Å². The molecule has 1 amide bonds. The van der Waals surface area contributed by atoms with E-state index in [1.165, 1.54) is 17.1 Å². The number of imidazole rings is 1. The molecule has 2 unspecified atom stereocenters. The molecule has 10 heteroatoms. The number of anilines is 1. The number of ether oxygens (including phenoxy) is 1. The average Bonchev–Trinajstić information content (AvgIpc) is 3.64. The summed E-state index contributed by atoms with van der Waals surface area (Å²) in [6.45, 7) is 0.406. The van der Waals surface area contributed by atoms with E-state index in [1.54, 1.807) is 18.5 Å². The number of carbonyl (C=O) groups is 1. The van der Waals surface area contributed by atoms with Gasteiger partial charge in [0.25, 0.3) is 5.91 Å². The smallest absolute Gasteiger partial charge is 0.251 e. The standard InChI is InChI=1S/C35H32N6O4/c42-19-29-32(43)30(40-35(44)25-15-13-23(14-16-25)22-7-2-1-3-8-22)28(45-29)18-41-21-39-31-33(37-20-38-34(31)41)36-17-26-11-6-10-24-9-4-5-12-27(24)26/h1-16,20-21,28-30,32,42-43H,17-19H2,(H,40,44)(H,36,37,38)/t28?,29?,30-,32+/m1/s1. The van der Waals surface area contributed by atoms with E-state index in [0.717, 1.165) is 16.7 Å². The van der Waals surface area contributed by atoms with Crippen molar-refractivity contribution in [2.45, 2.75) is 37.4 Å². The maximum absolute atomic E-state index is 13.3. The Hall–Kier alpha value is -5.16. The second kappa shape index (κ2) is 12.4. The van der Waals surface area contributed by atoms with Crippen molar-refractivity contribution in [3.8, 4) is 11.1 Å². The quantitative estimate of drug-likeness (QED) is 0.194. The number of aromatic nitrogens is 4. The summed E-state index contributed by atoms with van der Waals surface area (Å²) in [6, 6.07) is 30.9. The van der Waals surface area contributed by atoms with Gasteiger partial charge in [0.15, 0.2) is 11.5 Å². The Morgan fingerprint density at radius 1 is 0.844 bits per heavy atom. The van der Waals surface area contributed by atoms with Gasteiger partial charge in [0.05, 0.1) is 31.6 Å². The highest BCUT2D eigenvalue weighted by molar-refractivity contribution is 5.95. The van der Waals surface area contributed by atoms with E-state index in [1.807, 2.05) is 65.2 Å². The Morgan fingerprint density at radius 3 is 2.42 bits per heavy atom. The molecule has 1 saturated heterocycles. The number of benzene rings is 4. The van der Waals surface area contributed by atoms with Crippen LogP contribution in [0, 0.1) is 0 Å². The van der Waals surface area contributed by atoms with Crippen molar-refractivity contribution < 1.29 is 19.7 Å². The Balaban J connectivity index is 1.08. The molecule has 3 heterocycles. The molecule has 1 fully saturated rings. The van der Waals surface area contributed by atoms with Crippen molar-refractivity contribution in [2.75, 3.05) is 11.9 Å². The highest BCUT2D eigenvalue weighted by Gasteiger charge is 2.44. The van der Waals surface area contributed by atoms with Gasteiger partial charge in [-0.25, -0.2) is 15.0 Å². The van der Waals surface area contributed by atoms with Crippen LogP contribution in [0.25, 0.3) is 33.1 Å². The lowest BCUT2D eigenvalue weighted by Crippen LogP contribution is -2.49. The summed E-state index contributed by atoms with van der Waals surface area (Å²) in [6.07, 6.45) is 0.527. The lowest BCUT2D eigenvalue weighted by Gasteiger charge is -2.22. The van der Waals surface area contributed by atoms with Crippen LogP contribution in [0.3, 0.4) is 0 Å². The molecule has 2 aromatic heterocycles. The third-order valence-corrected chi connectivity index (χ3v) is 8.33. The second-order valence-electron chi connectivity index (χ2n) is 11.1. The Morgan fingerprint density at radius 2 is 1.60 bits per heavy atom. The summed E-state index contributed by atoms with van der Waals surface area (Å²) in [5, 5.41) is 29.5. The van der Waals surface area contributed by atoms with Crippen molar-refractivity contribution in [3.05, 3.63) is 121 Å². The number of nitrogens with zero attached hydrogens (tertiary/aromatic N) is 4. The van der Waals surface area contributed by atoms with E-state index in [9.17, 15) is 15.0 Å². The van der Waals surface area contributed by atoms with Crippen molar-refractivity contribution >= 4 is 33.7 Å². The van der Waals surface area contributed by atoms with E-state index in [-0.39, 0.29) is 19.1 Å². The van der Waals surface area contributed by atoms with Crippen LogP contribution < -0.4 is 10.6 Å². The maximum Gasteiger partial charge on any atom is 0.251 e. The fourth-order valence-electron chi connectivity index (χ4n) is 5.97. The molecule has 0 aliphatic carbocycles.